The smallest absolute Gasteiger partial charge is 0.238 e. The number of carbonyl (C=O) groups is 1. The summed E-state index contributed by atoms with van der Waals surface area (Å²) in [6.07, 6.45) is 2.98. The van der Waals surface area contributed by atoms with Gasteiger partial charge in [0.2, 0.25) is 5.91 Å². The maximum atomic E-state index is 12.1. The monoisotopic (exact) mass is 275 g/mol. The zero-order chi connectivity index (χ0) is 13.2. The topological polar surface area (TPSA) is 63.7 Å². The van der Waals surface area contributed by atoms with Crippen LogP contribution in [0.25, 0.3) is 0 Å². The van der Waals surface area contributed by atoms with E-state index in [1.54, 1.807) is 11.8 Å². The second-order valence-electron chi connectivity index (χ2n) is 5.18. The molecule has 1 saturated heterocycles. The van der Waals surface area contributed by atoms with Crippen molar-refractivity contribution in [1.82, 2.24) is 4.90 Å². The van der Waals surface area contributed by atoms with Crippen molar-refractivity contribution in [2.75, 3.05) is 31.3 Å². The number of rotatable bonds is 6. The van der Waals surface area contributed by atoms with Gasteiger partial charge in [0, 0.05) is 30.9 Å². The first-order valence-corrected chi connectivity index (χ1v) is 8.41. The Bertz CT molecular complexity index is 396. The van der Waals surface area contributed by atoms with Crippen LogP contribution in [0.4, 0.5) is 0 Å². The number of hydrogen-bond donors (Lipinski definition) is 0. The third-order valence-electron chi connectivity index (χ3n) is 3.57. The van der Waals surface area contributed by atoms with E-state index in [0.29, 0.717) is 19.1 Å². The summed E-state index contributed by atoms with van der Waals surface area (Å²) >= 11 is 0. The molecule has 1 aliphatic heterocycles. The molecule has 2 aliphatic rings. The quantitative estimate of drug-likeness (QED) is 0.706. The van der Waals surface area contributed by atoms with Crippen LogP contribution in [0.2, 0.25) is 0 Å². The van der Waals surface area contributed by atoms with E-state index in [1.165, 1.54) is 0 Å². The van der Waals surface area contributed by atoms with Gasteiger partial charge in [-0.05, 0) is 19.3 Å². The van der Waals surface area contributed by atoms with Crippen LogP contribution in [0.3, 0.4) is 0 Å². The molecule has 0 aromatic carbocycles. The fourth-order valence-electron chi connectivity index (χ4n) is 2.22. The number of ether oxygens (including phenoxy) is 1. The van der Waals surface area contributed by atoms with Gasteiger partial charge in [0.25, 0.3) is 0 Å². The van der Waals surface area contributed by atoms with Gasteiger partial charge < -0.3 is 9.64 Å². The Morgan fingerprint density at radius 1 is 1.33 bits per heavy atom. The highest BCUT2D eigenvalue weighted by atomic mass is 32.2. The average Bonchev–Trinajstić information content (AvgIpc) is 3.02. The molecule has 0 bridgehead atoms. The molecule has 0 aromatic heterocycles. The molecule has 1 amide bonds. The van der Waals surface area contributed by atoms with Gasteiger partial charge in [-0.25, -0.2) is 8.42 Å². The van der Waals surface area contributed by atoms with Crippen molar-refractivity contribution in [2.45, 2.75) is 32.2 Å². The number of nitrogens with zero attached hydrogens (tertiary/aromatic N) is 1. The van der Waals surface area contributed by atoms with Gasteiger partial charge in [0.1, 0.15) is 5.75 Å². The molecule has 1 unspecified atom stereocenters. The highest BCUT2D eigenvalue weighted by Gasteiger charge is 2.35. The summed E-state index contributed by atoms with van der Waals surface area (Å²) in [6, 6.07) is 0.269. The van der Waals surface area contributed by atoms with E-state index in [-0.39, 0.29) is 23.5 Å². The molecule has 18 heavy (non-hydrogen) atoms. The second kappa shape index (κ2) is 5.57. The molecule has 2 rings (SSSR count). The van der Waals surface area contributed by atoms with Crippen molar-refractivity contribution >= 4 is 15.7 Å². The largest absolute Gasteiger partial charge is 0.381 e. The Hall–Kier alpha value is -0.620. The van der Waals surface area contributed by atoms with E-state index in [1.807, 2.05) is 0 Å². The zero-order valence-corrected chi connectivity index (χ0v) is 11.6. The fourth-order valence-corrected chi connectivity index (χ4v) is 2.97. The van der Waals surface area contributed by atoms with Crippen LogP contribution in [-0.2, 0) is 19.4 Å². The van der Waals surface area contributed by atoms with Gasteiger partial charge in [-0.15, -0.1) is 0 Å². The van der Waals surface area contributed by atoms with Crippen LogP contribution in [0.15, 0.2) is 0 Å². The molecule has 104 valence electrons. The van der Waals surface area contributed by atoms with Gasteiger partial charge >= 0.3 is 0 Å². The van der Waals surface area contributed by atoms with Gasteiger partial charge in [-0.3, -0.25) is 4.79 Å². The van der Waals surface area contributed by atoms with Gasteiger partial charge in [0.05, 0.1) is 6.61 Å². The van der Waals surface area contributed by atoms with Gasteiger partial charge in [-0.2, -0.15) is 0 Å². The second-order valence-corrected chi connectivity index (χ2v) is 7.54. The first-order chi connectivity index (χ1) is 8.52. The lowest BCUT2D eigenvalue weighted by atomic mass is 10.1. The SMILES string of the molecule is CCS(=O)(=O)CC(=O)N(CC1CCOC1)C1CC1. The molecule has 0 N–H and O–H groups in total. The van der Waals surface area contributed by atoms with Crippen LogP contribution in [0.1, 0.15) is 26.2 Å². The van der Waals surface area contributed by atoms with Crippen molar-refractivity contribution in [3.05, 3.63) is 0 Å². The molecule has 1 atom stereocenters. The Morgan fingerprint density at radius 3 is 2.56 bits per heavy atom. The third-order valence-corrected chi connectivity index (χ3v) is 5.14. The van der Waals surface area contributed by atoms with E-state index >= 15 is 0 Å². The minimum absolute atomic E-state index is 0.0315. The highest BCUT2D eigenvalue weighted by Crippen LogP contribution is 2.29. The van der Waals surface area contributed by atoms with E-state index in [2.05, 4.69) is 0 Å². The molecule has 2 fully saturated rings. The number of hydrogen-bond acceptors (Lipinski definition) is 4. The van der Waals surface area contributed by atoms with Crippen molar-refractivity contribution in [3.8, 4) is 0 Å². The predicted octanol–water partition coefficient (Wildman–Crippen LogP) is 0.449. The average molecular weight is 275 g/mol. The van der Waals surface area contributed by atoms with Crippen molar-refractivity contribution < 1.29 is 17.9 Å². The number of amides is 1. The van der Waals surface area contributed by atoms with Crippen LogP contribution < -0.4 is 0 Å². The van der Waals surface area contributed by atoms with Crippen LogP contribution in [0, 0.1) is 5.92 Å². The minimum atomic E-state index is -3.23. The summed E-state index contributed by atoms with van der Waals surface area (Å²) in [5, 5.41) is 0. The van der Waals surface area contributed by atoms with Crippen LogP contribution in [-0.4, -0.2) is 56.5 Å². The molecule has 1 saturated carbocycles. The summed E-state index contributed by atoms with van der Waals surface area (Å²) in [5.74, 6) is -0.165. The maximum Gasteiger partial charge on any atom is 0.238 e. The summed E-state index contributed by atoms with van der Waals surface area (Å²) in [6.45, 7) is 3.68. The summed E-state index contributed by atoms with van der Waals surface area (Å²) in [7, 11) is -3.23. The molecular weight excluding hydrogens is 254 g/mol. The molecule has 1 heterocycles. The van der Waals surface area contributed by atoms with Crippen molar-refractivity contribution in [2.24, 2.45) is 5.92 Å². The lowest BCUT2D eigenvalue weighted by Gasteiger charge is -2.25. The van der Waals surface area contributed by atoms with Crippen molar-refractivity contribution in [1.29, 1.82) is 0 Å². The fraction of sp³-hybridized carbons (Fsp3) is 0.917. The Morgan fingerprint density at radius 2 is 2.06 bits per heavy atom. The molecule has 0 spiro atoms. The maximum absolute atomic E-state index is 12.1. The number of sulfone groups is 1. The number of carbonyl (C=O) groups excluding carboxylic acids is 1. The molecular formula is C12H21NO4S. The lowest BCUT2D eigenvalue weighted by Crippen LogP contribution is -2.41. The van der Waals surface area contributed by atoms with E-state index in [0.717, 1.165) is 25.9 Å². The van der Waals surface area contributed by atoms with E-state index < -0.39 is 9.84 Å². The molecule has 0 aromatic rings. The first kappa shape index (κ1) is 13.8. The highest BCUT2D eigenvalue weighted by molar-refractivity contribution is 7.92. The van der Waals surface area contributed by atoms with Gasteiger partial charge in [0.15, 0.2) is 9.84 Å². The normalized spacial score (nSPS) is 24.2. The summed E-state index contributed by atoms with van der Waals surface area (Å²) < 4.78 is 28.3. The predicted molar refractivity (Wildman–Crippen MR) is 68.0 cm³/mol. The van der Waals surface area contributed by atoms with Crippen molar-refractivity contribution in [3.63, 3.8) is 0 Å². The zero-order valence-electron chi connectivity index (χ0n) is 10.8. The molecule has 1 aliphatic carbocycles. The van der Waals surface area contributed by atoms with E-state index in [4.69, 9.17) is 4.74 Å². The molecule has 5 nitrogen and oxygen atoms in total. The summed E-state index contributed by atoms with van der Waals surface area (Å²) in [4.78, 5) is 13.9. The molecule has 0 radical (unpaired) electrons. The lowest BCUT2D eigenvalue weighted by molar-refractivity contribution is -0.129. The standard InChI is InChI=1S/C12H21NO4S/c1-2-18(15,16)9-12(14)13(11-3-4-11)7-10-5-6-17-8-10/h10-11H,2-9H2,1H3. The third kappa shape index (κ3) is 3.68. The Labute approximate surface area is 108 Å². The summed E-state index contributed by atoms with van der Waals surface area (Å²) in [5.41, 5.74) is 0. The Kier molecular flexibility index (Phi) is 4.27. The van der Waals surface area contributed by atoms with Crippen LogP contribution in [0.5, 0.6) is 0 Å². The van der Waals surface area contributed by atoms with E-state index in [9.17, 15) is 13.2 Å². The first-order valence-electron chi connectivity index (χ1n) is 6.59. The minimum Gasteiger partial charge on any atom is -0.381 e. The molecule has 6 heteroatoms. The Balaban J connectivity index is 1.94. The van der Waals surface area contributed by atoms with Gasteiger partial charge in [-0.1, -0.05) is 6.92 Å². The van der Waals surface area contributed by atoms with Crippen LogP contribution >= 0.6 is 0 Å².